The van der Waals surface area contributed by atoms with Crippen molar-refractivity contribution in [1.82, 2.24) is 0 Å². The molecule has 0 bridgehead atoms. The first-order valence-electron chi connectivity index (χ1n) is 6.11. The Labute approximate surface area is 109 Å². The predicted octanol–water partition coefficient (Wildman–Crippen LogP) is 2.95. The summed E-state index contributed by atoms with van der Waals surface area (Å²) in [4.78, 5) is 0. The molecule has 4 heteroatoms. The fourth-order valence-corrected chi connectivity index (χ4v) is 2.33. The van der Waals surface area contributed by atoms with Crippen LogP contribution in [-0.4, -0.2) is 6.61 Å². The van der Waals surface area contributed by atoms with Gasteiger partial charge in [0.25, 0.3) is 0 Å². The fraction of sp³-hybridized carbons (Fsp3) is 0.200. The molecule has 2 nitrogen and oxygen atoms in total. The number of hydrogen-bond donors (Lipinski definition) is 1. The normalized spacial score (nSPS) is 14.9. The maximum atomic E-state index is 13.7. The maximum Gasteiger partial charge on any atom is 0.131 e. The average Bonchev–Trinajstić information content (AvgIpc) is 2.85. The lowest BCUT2D eigenvalue weighted by Gasteiger charge is -2.14. The first-order valence-corrected chi connectivity index (χ1v) is 6.11. The van der Waals surface area contributed by atoms with E-state index in [4.69, 9.17) is 10.5 Å². The van der Waals surface area contributed by atoms with Gasteiger partial charge in [0.2, 0.25) is 0 Å². The number of ether oxygens (including phenoxy) is 1. The molecule has 1 heterocycles. The zero-order valence-corrected chi connectivity index (χ0v) is 10.2. The molecule has 19 heavy (non-hydrogen) atoms. The Morgan fingerprint density at radius 1 is 1.11 bits per heavy atom. The minimum absolute atomic E-state index is 0.292. The molecule has 2 aromatic carbocycles. The highest BCUT2D eigenvalue weighted by molar-refractivity contribution is 5.43. The van der Waals surface area contributed by atoms with Gasteiger partial charge in [0, 0.05) is 18.1 Å². The van der Waals surface area contributed by atoms with Crippen LogP contribution in [0.4, 0.5) is 8.78 Å². The Balaban J connectivity index is 1.97. The predicted molar refractivity (Wildman–Crippen MR) is 68.0 cm³/mol. The minimum Gasteiger partial charge on any atom is -0.493 e. The van der Waals surface area contributed by atoms with Gasteiger partial charge in [-0.1, -0.05) is 18.2 Å². The van der Waals surface area contributed by atoms with E-state index in [9.17, 15) is 8.78 Å². The van der Waals surface area contributed by atoms with Crippen LogP contribution in [0.5, 0.6) is 5.75 Å². The Bertz CT molecular complexity index is 628. The van der Waals surface area contributed by atoms with Crippen molar-refractivity contribution in [3.05, 3.63) is 64.7 Å². The Morgan fingerprint density at radius 2 is 1.95 bits per heavy atom. The Morgan fingerprint density at radius 3 is 2.74 bits per heavy atom. The summed E-state index contributed by atoms with van der Waals surface area (Å²) in [6, 6.07) is 8.44. The van der Waals surface area contributed by atoms with Gasteiger partial charge in [0.1, 0.15) is 17.4 Å². The minimum atomic E-state index is -0.621. The summed E-state index contributed by atoms with van der Waals surface area (Å²) in [5.74, 6) is -0.365. The number of benzene rings is 2. The van der Waals surface area contributed by atoms with Gasteiger partial charge in [-0.15, -0.1) is 0 Å². The topological polar surface area (TPSA) is 35.2 Å². The van der Waals surface area contributed by atoms with Gasteiger partial charge in [0.05, 0.1) is 12.6 Å². The lowest BCUT2D eigenvalue weighted by atomic mass is 9.97. The lowest BCUT2D eigenvalue weighted by molar-refractivity contribution is 0.357. The van der Waals surface area contributed by atoms with Gasteiger partial charge in [-0.2, -0.15) is 0 Å². The molecule has 1 atom stereocenters. The van der Waals surface area contributed by atoms with E-state index in [1.807, 2.05) is 18.2 Å². The highest BCUT2D eigenvalue weighted by Gasteiger charge is 2.18. The second kappa shape index (κ2) is 4.63. The van der Waals surface area contributed by atoms with E-state index in [2.05, 4.69) is 0 Å². The van der Waals surface area contributed by atoms with E-state index in [-0.39, 0.29) is 0 Å². The monoisotopic (exact) mass is 261 g/mol. The van der Waals surface area contributed by atoms with Gasteiger partial charge in [-0.05, 0) is 23.3 Å². The summed E-state index contributed by atoms with van der Waals surface area (Å²) >= 11 is 0. The zero-order valence-electron chi connectivity index (χ0n) is 10.2. The molecule has 0 aliphatic carbocycles. The SMILES string of the molecule is NC(c1ccc2c(c1)CCO2)c1ccc(F)cc1F. The second-order valence-corrected chi connectivity index (χ2v) is 4.61. The Hall–Kier alpha value is -1.94. The molecule has 2 N–H and O–H groups in total. The summed E-state index contributed by atoms with van der Waals surface area (Å²) < 4.78 is 32.0. The van der Waals surface area contributed by atoms with Gasteiger partial charge in [-0.3, -0.25) is 0 Å². The van der Waals surface area contributed by atoms with Crippen molar-refractivity contribution < 1.29 is 13.5 Å². The molecule has 0 saturated carbocycles. The van der Waals surface area contributed by atoms with E-state index in [1.54, 1.807) is 0 Å². The van der Waals surface area contributed by atoms with Crippen LogP contribution >= 0.6 is 0 Å². The summed E-state index contributed by atoms with van der Waals surface area (Å²) in [6.07, 6.45) is 0.835. The third-order valence-corrected chi connectivity index (χ3v) is 3.37. The molecule has 0 aromatic heterocycles. The molecule has 1 aliphatic rings. The smallest absolute Gasteiger partial charge is 0.131 e. The number of rotatable bonds is 2. The molecule has 0 saturated heterocycles. The van der Waals surface area contributed by atoms with E-state index >= 15 is 0 Å². The van der Waals surface area contributed by atoms with Crippen molar-refractivity contribution in [3.8, 4) is 5.75 Å². The van der Waals surface area contributed by atoms with Gasteiger partial charge < -0.3 is 10.5 Å². The third-order valence-electron chi connectivity index (χ3n) is 3.37. The number of hydrogen-bond acceptors (Lipinski definition) is 2. The summed E-state index contributed by atoms with van der Waals surface area (Å²) in [6.45, 7) is 0.666. The van der Waals surface area contributed by atoms with Crippen LogP contribution in [0.1, 0.15) is 22.7 Å². The summed E-state index contributed by atoms with van der Waals surface area (Å²) in [7, 11) is 0. The van der Waals surface area contributed by atoms with Crippen molar-refractivity contribution in [2.24, 2.45) is 5.73 Å². The van der Waals surface area contributed by atoms with Crippen molar-refractivity contribution in [2.45, 2.75) is 12.5 Å². The number of halogens is 2. The van der Waals surface area contributed by atoms with Crippen LogP contribution in [0.3, 0.4) is 0 Å². The molecular formula is C15H13F2NO. The van der Waals surface area contributed by atoms with E-state index in [0.29, 0.717) is 12.2 Å². The molecule has 0 fully saturated rings. The van der Waals surface area contributed by atoms with E-state index in [1.165, 1.54) is 12.1 Å². The standard InChI is InChI=1S/C15H13F2NO/c16-11-2-3-12(13(17)8-11)15(18)10-1-4-14-9(7-10)5-6-19-14/h1-4,7-8,15H,5-6,18H2. The second-order valence-electron chi connectivity index (χ2n) is 4.61. The van der Waals surface area contributed by atoms with Gasteiger partial charge >= 0.3 is 0 Å². The number of fused-ring (bicyclic) bond motifs is 1. The third kappa shape index (κ3) is 2.19. The highest BCUT2D eigenvalue weighted by atomic mass is 19.1. The fourth-order valence-electron chi connectivity index (χ4n) is 2.33. The van der Waals surface area contributed by atoms with Crippen molar-refractivity contribution in [1.29, 1.82) is 0 Å². The molecule has 98 valence electrons. The summed E-state index contributed by atoms with van der Waals surface area (Å²) in [5, 5.41) is 0. The van der Waals surface area contributed by atoms with Crippen LogP contribution in [0.2, 0.25) is 0 Å². The molecule has 2 aromatic rings. The van der Waals surface area contributed by atoms with E-state index < -0.39 is 17.7 Å². The average molecular weight is 261 g/mol. The van der Waals surface area contributed by atoms with E-state index in [0.717, 1.165) is 29.4 Å². The molecule has 1 unspecified atom stereocenters. The Kier molecular flexibility index (Phi) is 2.95. The first-order chi connectivity index (χ1) is 9.15. The first kappa shape index (κ1) is 12.1. The van der Waals surface area contributed by atoms with Crippen molar-refractivity contribution in [2.75, 3.05) is 6.61 Å². The highest BCUT2D eigenvalue weighted by Crippen LogP contribution is 2.30. The van der Waals surface area contributed by atoms with Crippen LogP contribution in [-0.2, 0) is 6.42 Å². The zero-order chi connectivity index (χ0) is 13.4. The largest absolute Gasteiger partial charge is 0.493 e. The molecule has 0 amide bonds. The number of nitrogens with two attached hydrogens (primary N) is 1. The van der Waals surface area contributed by atoms with Crippen LogP contribution in [0.25, 0.3) is 0 Å². The van der Waals surface area contributed by atoms with Crippen LogP contribution < -0.4 is 10.5 Å². The molecular weight excluding hydrogens is 248 g/mol. The summed E-state index contributed by atoms with van der Waals surface area (Å²) in [5.41, 5.74) is 8.23. The van der Waals surface area contributed by atoms with Gasteiger partial charge in [-0.25, -0.2) is 8.78 Å². The van der Waals surface area contributed by atoms with Crippen molar-refractivity contribution >= 4 is 0 Å². The van der Waals surface area contributed by atoms with Gasteiger partial charge in [0.15, 0.2) is 0 Å². The molecule has 3 rings (SSSR count). The van der Waals surface area contributed by atoms with Crippen molar-refractivity contribution in [3.63, 3.8) is 0 Å². The van der Waals surface area contributed by atoms with Crippen LogP contribution in [0.15, 0.2) is 36.4 Å². The maximum absolute atomic E-state index is 13.7. The molecule has 1 aliphatic heterocycles. The molecule has 0 spiro atoms. The lowest BCUT2D eigenvalue weighted by Crippen LogP contribution is -2.14. The molecule has 0 radical (unpaired) electrons. The van der Waals surface area contributed by atoms with Crippen LogP contribution in [0, 0.1) is 11.6 Å². The quantitative estimate of drug-likeness (QED) is 0.902.